The van der Waals surface area contributed by atoms with Crippen molar-refractivity contribution in [3.63, 3.8) is 0 Å². The van der Waals surface area contributed by atoms with Gasteiger partial charge in [0.05, 0.1) is 30.0 Å². The lowest BCUT2D eigenvalue weighted by atomic mass is 10.1. The van der Waals surface area contributed by atoms with E-state index < -0.39 is 5.82 Å². The topological polar surface area (TPSA) is 101 Å². The summed E-state index contributed by atoms with van der Waals surface area (Å²) in [5.74, 6) is 0.468. The first-order chi connectivity index (χ1) is 18.5. The van der Waals surface area contributed by atoms with Crippen LogP contribution in [0.4, 0.5) is 16.0 Å². The Kier molecular flexibility index (Phi) is 8.23. The molecule has 5 heterocycles. The summed E-state index contributed by atoms with van der Waals surface area (Å²) in [7, 11) is 0. The van der Waals surface area contributed by atoms with E-state index in [4.69, 9.17) is 4.74 Å². The maximum atomic E-state index is 14.9. The Hall–Kier alpha value is -3.44. The van der Waals surface area contributed by atoms with Crippen molar-refractivity contribution in [3.05, 3.63) is 48.1 Å². The number of pyridine rings is 1. The van der Waals surface area contributed by atoms with Crippen molar-refractivity contribution in [3.8, 4) is 11.4 Å². The number of carbonyl (C=O) groups is 1. The van der Waals surface area contributed by atoms with E-state index in [0.29, 0.717) is 43.4 Å². The van der Waals surface area contributed by atoms with Crippen LogP contribution in [-0.2, 0) is 4.74 Å². The summed E-state index contributed by atoms with van der Waals surface area (Å²) in [6.45, 7) is 9.73. The van der Waals surface area contributed by atoms with Crippen LogP contribution in [0.3, 0.4) is 0 Å². The van der Waals surface area contributed by atoms with Gasteiger partial charge >= 0.3 is 0 Å². The highest BCUT2D eigenvalue weighted by molar-refractivity contribution is 5.92. The molecule has 5 rings (SSSR count). The summed E-state index contributed by atoms with van der Waals surface area (Å²) in [4.78, 5) is 34.6. The van der Waals surface area contributed by atoms with Crippen LogP contribution < -0.4 is 5.32 Å². The van der Waals surface area contributed by atoms with Gasteiger partial charge in [-0.1, -0.05) is 13.3 Å². The number of carbonyl (C=O) groups excluding carboxylic acids is 1. The van der Waals surface area contributed by atoms with E-state index in [2.05, 4.69) is 37.1 Å². The Bertz CT molecular complexity index is 1230. The van der Waals surface area contributed by atoms with Crippen molar-refractivity contribution >= 4 is 17.5 Å². The number of aryl methyl sites for hydroxylation is 1. The summed E-state index contributed by atoms with van der Waals surface area (Å²) in [6.07, 6.45) is 8.43. The molecule has 0 aromatic carbocycles. The van der Waals surface area contributed by atoms with Crippen LogP contribution in [-0.4, -0.2) is 86.1 Å². The average molecular weight is 523 g/mol. The summed E-state index contributed by atoms with van der Waals surface area (Å²) in [6, 6.07) is 3.64. The van der Waals surface area contributed by atoms with E-state index in [1.54, 1.807) is 24.5 Å². The zero-order valence-electron chi connectivity index (χ0n) is 22.1. The minimum absolute atomic E-state index is 0.0660. The number of nitrogens with zero attached hydrogens (tertiary/aromatic N) is 7. The molecule has 0 spiro atoms. The number of imidazole rings is 1. The second-order valence-electron chi connectivity index (χ2n) is 9.84. The third-order valence-corrected chi connectivity index (χ3v) is 7.25. The molecule has 1 N–H and O–H groups in total. The van der Waals surface area contributed by atoms with Gasteiger partial charge in [-0.05, 0) is 44.9 Å². The average Bonchev–Trinajstić information content (AvgIpc) is 3.34. The monoisotopic (exact) mass is 522 g/mol. The van der Waals surface area contributed by atoms with Crippen LogP contribution in [0.1, 0.15) is 55.0 Å². The molecule has 0 aliphatic carbocycles. The number of ether oxygens (including phenoxy) is 1. The maximum absolute atomic E-state index is 14.9. The zero-order valence-corrected chi connectivity index (χ0v) is 22.1. The Balaban J connectivity index is 1.26. The van der Waals surface area contributed by atoms with Crippen LogP contribution in [0.15, 0.2) is 30.7 Å². The molecule has 38 heavy (non-hydrogen) atoms. The van der Waals surface area contributed by atoms with Crippen LogP contribution in [0.5, 0.6) is 0 Å². The van der Waals surface area contributed by atoms with Crippen molar-refractivity contribution in [1.82, 2.24) is 34.3 Å². The maximum Gasteiger partial charge on any atom is 0.272 e. The highest BCUT2D eigenvalue weighted by Gasteiger charge is 2.25. The van der Waals surface area contributed by atoms with Crippen LogP contribution in [0, 0.1) is 12.7 Å². The minimum atomic E-state index is -0.516. The van der Waals surface area contributed by atoms with Crippen molar-refractivity contribution < 1.29 is 13.9 Å². The molecule has 2 fully saturated rings. The number of hydrogen-bond donors (Lipinski definition) is 1. The van der Waals surface area contributed by atoms with Gasteiger partial charge in [-0.15, -0.1) is 0 Å². The normalized spacial score (nSPS) is 17.1. The molecule has 2 saturated heterocycles. The first kappa shape index (κ1) is 26.2. The molecule has 0 atom stereocenters. The van der Waals surface area contributed by atoms with Gasteiger partial charge in [-0.25, -0.2) is 24.3 Å². The molecule has 0 saturated carbocycles. The van der Waals surface area contributed by atoms with Crippen molar-refractivity contribution in [2.75, 3.05) is 51.3 Å². The molecule has 0 unspecified atom stereocenters. The third-order valence-electron chi connectivity index (χ3n) is 7.25. The van der Waals surface area contributed by atoms with Gasteiger partial charge in [0.25, 0.3) is 5.91 Å². The predicted molar refractivity (Wildman–Crippen MR) is 142 cm³/mol. The molecule has 0 bridgehead atoms. The second kappa shape index (κ2) is 12.0. The van der Waals surface area contributed by atoms with Crippen LogP contribution >= 0.6 is 0 Å². The molecule has 202 valence electrons. The summed E-state index contributed by atoms with van der Waals surface area (Å²) in [5.41, 5.74) is 1.81. The minimum Gasteiger partial charge on any atom is -0.381 e. The molecular weight excluding hydrogens is 487 g/mol. The quantitative estimate of drug-likeness (QED) is 0.476. The van der Waals surface area contributed by atoms with E-state index in [9.17, 15) is 9.18 Å². The number of amides is 1. The van der Waals surface area contributed by atoms with Crippen molar-refractivity contribution in [2.24, 2.45) is 0 Å². The third kappa shape index (κ3) is 5.83. The number of piperazine rings is 1. The molecular formula is C27H35FN8O2. The first-order valence-corrected chi connectivity index (χ1v) is 13.4. The van der Waals surface area contributed by atoms with Crippen molar-refractivity contribution in [1.29, 1.82) is 0 Å². The van der Waals surface area contributed by atoms with Gasteiger partial charge in [-0.2, -0.15) is 0 Å². The van der Waals surface area contributed by atoms with E-state index in [-0.39, 0.29) is 23.6 Å². The van der Waals surface area contributed by atoms with Crippen LogP contribution in [0.25, 0.3) is 11.4 Å². The van der Waals surface area contributed by atoms with Gasteiger partial charge in [0.15, 0.2) is 5.82 Å². The highest BCUT2D eigenvalue weighted by Crippen LogP contribution is 2.31. The predicted octanol–water partition coefficient (Wildman–Crippen LogP) is 3.84. The van der Waals surface area contributed by atoms with Crippen LogP contribution in [0.2, 0.25) is 0 Å². The Morgan fingerprint density at radius 3 is 2.58 bits per heavy atom. The summed E-state index contributed by atoms with van der Waals surface area (Å²) < 4.78 is 22.4. The van der Waals surface area contributed by atoms with E-state index in [0.717, 1.165) is 44.5 Å². The fourth-order valence-electron chi connectivity index (χ4n) is 5.08. The lowest BCUT2D eigenvalue weighted by molar-refractivity contribution is 0.0630. The number of hydrogen-bond acceptors (Lipinski definition) is 8. The number of unbranched alkanes of at least 4 members (excludes halogenated alkanes) is 1. The van der Waals surface area contributed by atoms with E-state index in [1.807, 2.05) is 16.4 Å². The highest BCUT2D eigenvalue weighted by atomic mass is 19.1. The number of aromatic nitrogens is 5. The van der Waals surface area contributed by atoms with Gasteiger partial charge in [0.2, 0.25) is 5.95 Å². The Morgan fingerprint density at radius 2 is 1.87 bits per heavy atom. The Morgan fingerprint density at radius 1 is 1.08 bits per heavy atom. The molecule has 2 aliphatic rings. The van der Waals surface area contributed by atoms with Gasteiger partial charge in [0.1, 0.15) is 17.2 Å². The standard InChI is InChI=1S/C27H35FN8O2/c1-3-4-9-34-10-12-35(13-11-34)26(37)23-6-5-20(16-30-23)32-27-31-17-22(28)25(33-27)24-18-29-19(2)36(24)21-7-14-38-15-8-21/h5-6,16-18,21H,3-4,7-15H2,1-2H3,(H,31,32,33). The lowest BCUT2D eigenvalue weighted by Gasteiger charge is -2.34. The molecule has 1 amide bonds. The van der Waals surface area contributed by atoms with Crippen molar-refractivity contribution in [2.45, 2.75) is 45.6 Å². The number of anilines is 2. The fourth-order valence-corrected chi connectivity index (χ4v) is 5.08. The van der Waals surface area contributed by atoms with Gasteiger partial charge in [0, 0.05) is 45.4 Å². The Labute approximate surface area is 222 Å². The number of halogens is 1. The molecule has 3 aromatic rings. The molecule has 0 radical (unpaired) electrons. The van der Waals surface area contributed by atoms with Gasteiger partial charge in [-0.3, -0.25) is 9.69 Å². The van der Waals surface area contributed by atoms with E-state index >= 15 is 0 Å². The number of nitrogens with one attached hydrogen (secondary N) is 1. The lowest BCUT2D eigenvalue weighted by Crippen LogP contribution is -2.49. The second-order valence-corrected chi connectivity index (χ2v) is 9.84. The van der Waals surface area contributed by atoms with E-state index in [1.165, 1.54) is 12.8 Å². The smallest absolute Gasteiger partial charge is 0.272 e. The molecule has 3 aromatic heterocycles. The molecule has 10 nitrogen and oxygen atoms in total. The summed E-state index contributed by atoms with van der Waals surface area (Å²) in [5, 5.41) is 3.09. The first-order valence-electron chi connectivity index (χ1n) is 13.4. The van der Waals surface area contributed by atoms with Gasteiger partial charge < -0.3 is 19.5 Å². The SMILES string of the molecule is CCCCN1CCN(C(=O)c2ccc(Nc3ncc(F)c(-c4cnc(C)n4C4CCOCC4)n3)cn2)CC1. The summed E-state index contributed by atoms with van der Waals surface area (Å²) >= 11 is 0. The molecule has 2 aliphatic heterocycles. The fraction of sp³-hybridized carbons (Fsp3) is 0.519. The largest absolute Gasteiger partial charge is 0.381 e. The molecule has 11 heteroatoms. The zero-order chi connectivity index (χ0) is 26.5. The number of rotatable bonds is 8.